The van der Waals surface area contributed by atoms with Gasteiger partial charge in [-0.25, -0.2) is 9.59 Å². The highest BCUT2D eigenvalue weighted by Gasteiger charge is 2.10. The van der Waals surface area contributed by atoms with Crippen LogP contribution in [0, 0.1) is 0 Å². The van der Waals surface area contributed by atoms with E-state index in [1.807, 2.05) is 37.3 Å². The maximum Gasteiger partial charge on any atom is 0.338 e. The quantitative estimate of drug-likeness (QED) is 0.732. The zero-order valence-electron chi connectivity index (χ0n) is 13.2. The molecule has 0 aliphatic carbocycles. The zero-order chi connectivity index (χ0) is 16.5. The van der Waals surface area contributed by atoms with Gasteiger partial charge in [0, 0.05) is 6.42 Å². The Balaban J connectivity index is 1.84. The molecule has 0 aromatic heterocycles. The van der Waals surface area contributed by atoms with Crippen LogP contribution in [0.2, 0.25) is 0 Å². The summed E-state index contributed by atoms with van der Waals surface area (Å²) in [4.78, 5) is 23.6. The van der Waals surface area contributed by atoms with Crippen molar-refractivity contribution in [3.8, 4) is 0 Å². The molecule has 0 fully saturated rings. The molecule has 0 atom stereocenters. The minimum Gasteiger partial charge on any atom is -0.462 e. The summed E-state index contributed by atoms with van der Waals surface area (Å²) in [5, 5.41) is 0. The van der Waals surface area contributed by atoms with E-state index in [0.29, 0.717) is 30.8 Å². The average Bonchev–Trinajstić information content (AvgIpc) is 2.60. The number of ether oxygens (including phenoxy) is 2. The van der Waals surface area contributed by atoms with Crippen LogP contribution in [0.15, 0.2) is 54.6 Å². The van der Waals surface area contributed by atoms with Crippen molar-refractivity contribution in [2.45, 2.75) is 19.8 Å². The Morgan fingerprint density at radius 2 is 1.30 bits per heavy atom. The molecule has 0 radical (unpaired) electrons. The molecule has 0 spiro atoms. The van der Waals surface area contributed by atoms with Gasteiger partial charge < -0.3 is 9.47 Å². The first-order chi connectivity index (χ1) is 11.2. The zero-order valence-corrected chi connectivity index (χ0v) is 13.2. The first-order valence-electron chi connectivity index (χ1n) is 7.69. The first kappa shape index (κ1) is 16.7. The largest absolute Gasteiger partial charge is 0.462 e. The second-order valence-electron chi connectivity index (χ2n) is 5.08. The van der Waals surface area contributed by atoms with Crippen LogP contribution in [0.25, 0.3) is 0 Å². The second kappa shape index (κ2) is 8.73. The number of rotatable bonds is 7. The lowest BCUT2D eigenvalue weighted by atomic mass is 10.1. The number of hydrogen-bond acceptors (Lipinski definition) is 4. The number of carbonyl (C=O) groups excluding carboxylic acids is 2. The Bertz CT molecular complexity index is 632. The molecule has 0 bridgehead atoms. The average molecular weight is 312 g/mol. The van der Waals surface area contributed by atoms with Crippen molar-refractivity contribution in [1.82, 2.24) is 0 Å². The molecule has 0 unspecified atom stereocenters. The van der Waals surface area contributed by atoms with Gasteiger partial charge in [-0.2, -0.15) is 0 Å². The van der Waals surface area contributed by atoms with Gasteiger partial charge in [0.2, 0.25) is 0 Å². The molecule has 4 nitrogen and oxygen atoms in total. The van der Waals surface area contributed by atoms with Crippen LogP contribution in [-0.4, -0.2) is 25.2 Å². The van der Waals surface area contributed by atoms with Crippen LogP contribution in [0.3, 0.4) is 0 Å². The smallest absolute Gasteiger partial charge is 0.338 e. The lowest BCUT2D eigenvalue weighted by Crippen LogP contribution is -2.09. The van der Waals surface area contributed by atoms with Crippen molar-refractivity contribution in [1.29, 1.82) is 0 Å². The lowest BCUT2D eigenvalue weighted by Gasteiger charge is -2.06. The molecule has 0 N–H and O–H groups in total. The van der Waals surface area contributed by atoms with E-state index in [4.69, 9.17) is 9.47 Å². The Morgan fingerprint density at radius 3 is 1.83 bits per heavy atom. The number of esters is 2. The Morgan fingerprint density at radius 1 is 0.783 bits per heavy atom. The van der Waals surface area contributed by atoms with Gasteiger partial charge in [0.15, 0.2) is 0 Å². The van der Waals surface area contributed by atoms with Crippen molar-refractivity contribution >= 4 is 11.9 Å². The lowest BCUT2D eigenvalue weighted by molar-refractivity contribution is 0.0492. The molecule has 0 heterocycles. The van der Waals surface area contributed by atoms with Gasteiger partial charge in [0.25, 0.3) is 0 Å². The number of hydrogen-bond donors (Lipinski definition) is 0. The SMILES string of the molecule is CCCOC(=O)c1ccc(C(=O)OCCc2ccccc2)cc1. The molecule has 0 aliphatic rings. The van der Waals surface area contributed by atoms with E-state index in [2.05, 4.69) is 0 Å². The van der Waals surface area contributed by atoms with Gasteiger partial charge >= 0.3 is 11.9 Å². The monoisotopic (exact) mass is 312 g/mol. The second-order valence-corrected chi connectivity index (χ2v) is 5.08. The first-order valence-corrected chi connectivity index (χ1v) is 7.69. The molecule has 0 amide bonds. The standard InChI is InChI=1S/C19H20O4/c1-2-13-22-18(20)16-8-10-17(11-9-16)19(21)23-14-12-15-6-4-3-5-7-15/h3-11H,2,12-14H2,1H3. The molecule has 2 aromatic rings. The van der Waals surface area contributed by atoms with Crippen LogP contribution in [0.4, 0.5) is 0 Å². The van der Waals surface area contributed by atoms with Crippen molar-refractivity contribution in [3.05, 3.63) is 71.3 Å². The molecule has 0 saturated carbocycles. The fraction of sp³-hybridized carbons (Fsp3) is 0.263. The predicted octanol–water partition coefficient (Wildman–Crippen LogP) is 3.65. The molecule has 4 heteroatoms. The highest BCUT2D eigenvalue weighted by atomic mass is 16.5. The van der Waals surface area contributed by atoms with Crippen LogP contribution in [-0.2, 0) is 15.9 Å². The van der Waals surface area contributed by atoms with Gasteiger partial charge in [-0.3, -0.25) is 0 Å². The maximum absolute atomic E-state index is 11.9. The fourth-order valence-corrected chi connectivity index (χ4v) is 2.01. The summed E-state index contributed by atoms with van der Waals surface area (Å²) in [6, 6.07) is 16.1. The van der Waals surface area contributed by atoms with Crippen LogP contribution in [0.5, 0.6) is 0 Å². The molecular weight excluding hydrogens is 292 g/mol. The maximum atomic E-state index is 11.9. The van der Waals surface area contributed by atoms with Gasteiger partial charge in [-0.1, -0.05) is 37.3 Å². The van der Waals surface area contributed by atoms with Crippen molar-refractivity contribution in [3.63, 3.8) is 0 Å². The topological polar surface area (TPSA) is 52.6 Å². The van der Waals surface area contributed by atoms with Gasteiger partial charge in [0.05, 0.1) is 24.3 Å². The van der Waals surface area contributed by atoms with E-state index in [9.17, 15) is 9.59 Å². The summed E-state index contributed by atoms with van der Waals surface area (Å²) < 4.78 is 10.3. The van der Waals surface area contributed by atoms with Crippen LogP contribution in [0.1, 0.15) is 39.6 Å². The third-order valence-electron chi connectivity index (χ3n) is 3.26. The summed E-state index contributed by atoms with van der Waals surface area (Å²) in [5.74, 6) is -0.773. The fourth-order valence-electron chi connectivity index (χ4n) is 2.01. The Kier molecular flexibility index (Phi) is 6.36. The minimum atomic E-state index is -0.394. The van der Waals surface area contributed by atoms with E-state index >= 15 is 0 Å². The molecule has 0 aliphatic heterocycles. The highest BCUT2D eigenvalue weighted by Crippen LogP contribution is 2.08. The van der Waals surface area contributed by atoms with E-state index in [1.165, 1.54) is 0 Å². The molecule has 0 saturated heterocycles. The number of benzene rings is 2. The van der Waals surface area contributed by atoms with E-state index in [-0.39, 0.29) is 5.97 Å². The molecule has 23 heavy (non-hydrogen) atoms. The van der Waals surface area contributed by atoms with E-state index in [0.717, 1.165) is 12.0 Å². The van der Waals surface area contributed by atoms with Gasteiger partial charge in [-0.05, 0) is 36.2 Å². The molecule has 120 valence electrons. The van der Waals surface area contributed by atoms with Gasteiger partial charge in [0.1, 0.15) is 0 Å². The Hall–Kier alpha value is -2.62. The van der Waals surface area contributed by atoms with E-state index < -0.39 is 5.97 Å². The molecular formula is C19H20O4. The predicted molar refractivity (Wildman–Crippen MR) is 87.4 cm³/mol. The number of carbonyl (C=O) groups is 2. The van der Waals surface area contributed by atoms with Crippen molar-refractivity contribution < 1.29 is 19.1 Å². The summed E-state index contributed by atoms with van der Waals surface area (Å²) in [6.07, 6.45) is 1.45. The summed E-state index contributed by atoms with van der Waals surface area (Å²) in [5.41, 5.74) is 1.97. The van der Waals surface area contributed by atoms with Crippen molar-refractivity contribution in [2.24, 2.45) is 0 Å². The summed E-state index contributed by atoms with van der Waals surface area (Å²) in [7, 11) is 0. The minimum absolute atomic E-state index is 0.323. The van der Waals surface area contributed by atoms with Crippen molar-refractivity contribution in [2.75, 3.05) is 13.2 Å². The Labute approximate surface area is 136 Å². The molecule has 2 rings (SSSR count). The normalized spacial score (nSPS) is 10.1. The van der Waals surface area contributed by atoms with Crippen LogP contribution < -0.4 is 0 Å². The third-order valence-corrected chi connectivity index (χ3v) is 3.26. The van der Waals surface area contributed by atoms with E-state index in [1.54, 1.807) is 24.3 Å². The summed E-state index contributed by atoms with van der Waals surface area (Å²) in [6.45, 7) is 2.65. The van der Waals surface area contributed by atoms with Crippen LogP contribution >= 0.6 is 0 Å². The highest BCUT2D eigenvalue weighted by molar-refractivity contribution is 5.93. The third kappa shape index (κ3) is 5.25. The molecule has 2 aromatic carbocycles. The summed E-state index contributed by atoms with van der Waals surface area (Å²) >= 11 is 0. The van der Waals surface area contributed by atoms with Gasteiger partial charge in [-0.15, -0.1) is 0 Å².